The average Bonchev–Trinajstić information content (AvgIpc) is 3.08. The van der Waals surface area contributed by atoms with Gasteiger partial charge in [-0.25, -0.2) is 9.67 Å². The zero-order valence-corrected chi connectivity index (χ0v) is 14.8. The van der Waals surface area contributed by atoms with Crippen LogP contribution < -0.4 is 10.6 Å². The van der Waals surface area contributed by atoms with Crippen molar-refractivity contribution in [3.8, 4) is 0 Å². The van der Waals surface area contributed by atoms with Crippen molar-refractivity contribution in [1.82, 2.24) is 30.6 Å². The molecule has 0 saturated carbocycles. The largest absolute Gasteiger partial charge is 0.361 e. The maximum Gasteiger partial charge on any atom is 0.191 e. The van der Waals surface area contributed by atoms with E-state index in [2.05, 4.69) is 30.9 Å². The smallest absolute Gasteiger partial charge is 0.191 e. The number of hydrogen-bond acceptors (Lipinski definition) is 5. The van der Waals surface area contributed by atoms with Crippen molar-refractivity contribution >= 4 is 5.96 Å². The summed E-state index contributed by atoms with van der Waals surface area (Å²) in [6.45, 7) is 7.45. The van der Waals surface area contributed by atoms with E-state index >= 15 is 0 Å². The third kappa shape index (κ3) is 3.58. The molecule has 1 aliphatic heterocycles. The van der Waals surface area contributed by atoms with Crippen LogP contribution in [0.15, 0.2) is 9.52 Å². The predicted octanol–water partition coefficient (Wildman–Crippen LogP) is 0.914. The minimum atomic E-state index is 0.309. The van der Waals surface area contributed by atoms with Crippen LogP contribution in [-0.2, 0) is 19.4 Å². The molecule has 0 fully saturated rings. The van der Waals surface area contributed by atoms with Gasteiger partial charge in [0.2, 0.25) is 0 Å². The predicted molar refractivity (Wildman–Crippen MR) is 91.0 cm³/mol. The minimum absolute atomic E-state index is 0.309. The average molecular weight is 331 g/mol. The highest BCUT2D eigenvalue weighted by molar-refractivity contribution is 5.79. The molecule has 2 aromatic rings. The second kappa shape index (κ2) is 7.02. The van der Waals surface area contributed by atoms with Gasteiger partial charge in [-0.05, 0) is 33.6 Å². The molecule has 8 nitrogen and oxygen atoms in total. The number of guanidine groups is 1. The van der Waals surface area contributed by atoms with Crippen LogP contribution in [0.5, 0.6) is 0 Å². The molecular formula is C16H25N7O. The monoisotopic (exact) mass is 331 g/mol. The van der Waals surface area contributed by atoms with E-state index in [0.29, 0.717) is 6.04 Å². The highest BCUT2D eigenvalue weighted by Crippen LogP contribution is 2.13. The summed E-state index contributed by atoms with van der Waals surface area (Å²) in [4.78, 5) is 8.76. The van der Waals surface area contributed by atoms with E-state index < -0.39 is 0 Å². The third-order valence-electron chi connectivity index (χ3n) is 4.38. The van der Waals surface area contributed by atoms with Crippen LogP contribution in [-0.4, -0.2) is 45.5 Å². The van der Waals surface area contributed by atoms with Gasteiger partial charge in [0.15, 0.2) is 5.96 Å². The van der Waals surface area contributed by atoms with Gasteiger partial charge in [-0.2, -0.15) is 5.10 Å². The van der Waals surface area contributed by atoms with Crippen LogP contribution in [0.4, 0.5) is 0 Å². The van der Waals surface area contributed by atoms with Crippen molar-refractivity contribution in [3.63, 3.8) is 0 Å². The van der Waals surface area contributed by atoms with Crippen LogP contribution in [0, 0.1) is 20.8 Å². The molecule has 0 aliphatic carbocycles. The lowest BCUT2D eigenvalue weighted by Gasteiger charge is -2.25. The summed E-state index contributed by atoms with van der Waals surface area (Å²) in [6.07, 6.45) is 2.83. The van der Waals surface area contributed by atoms with Crippen LogP contribution >= 0.6 is 0 Å². The van der Waals surface area contributed by atoms with Crippen LogP contribution in [0.2, 0.25) is 0 Å². The number of nitrogens with one attached hydrogen (secondary N) is 2. The van der Waals surface area contributed by atoms with E-state index in [1.165, 1.54) is 5.56 Å². The molecule has 2 aromatic heterocycles. The first kappa shape index (κ1) is 16.5. The number of rotatable bonds is 4. The Hall–Kier alpha value is -2.38. The quantitative estimate of drug-likeness (QED) is 0.639. The summed E-state index contributed by atoms with van der Waals surface area (Å²) in [5.41, 5.74) is 2.12. The van der Waals surface area contributed by atoms with Gasteiger partial charge in [0, 0.05) is 31.6 Å². The Labute approximate surface area is 141 Å². The summed E-state index contributed by atoms with van der Waals surface area (Å²) >= 11 is 0. The van der Waals surface area contributed by atoms with E-state index in [0.717, 1.165) is 61.4 Å². The highest BCUT2D eigenvalue weighted by Gasteiger charge is 2.21. The van der Waals surface area contributed by atoms with Gasteiger partial charge >= 0.3 is 0 Å². The van der Waals surface area contributed by atoms with Crippen molar-refractivity contribution in [2.75, 3.05) is 13.6 Å². The lowest BCUT2D eigenvalue weighted by Crippen LogP contribution is -2.47. The lowest BCUT2D eigenvalue weighted by molar-refractivity contribution is 0.391. The molecule has 0 bridgehead atoms. The second-order valence-electron chi connectivity index (χ2n) is 6.19. The molecule has 1 atom stereocenters. The molecule has 0 spiro atoms. The first-order chi connectivity index (χ1) is 11.6. The molecule has 3 rings (SSSR count). The van der Waals surface area contributed by atoms with Crippen molar-refractivity contribution in [2.24, 2.45) is 4.99 Å². The number of aromatic nitrogens is 4. The standard InChI is InChI=1S/C16H25N7O/c1-10-14(11(2)24-22-10)7-8-18-16(17-4)20-13-5-6-15-19-12(3)21-23(15)9-13/h13H,5-9H2,1-4H3,(H2,17,18,20). The maximum absolute atomic E-state index is 5.20. The SMILES string of the molecule is CN=C(NCCc1c(C)noc1C)NC1CCc2nc(C)nn2C1. The molecule has 8 heteroatoms. The number of aliphatic imine (C=N–C) groups is 1. The number of nitrogens with zero attached hydrogens (tertiary/aromatic N) is 5. The van der Waals surface area contributed by atoms with Gasteiger partial charge in [-0.3, -0.25) is 4.99 Å². The summed E-state index contributed by atoms with van der Waals surface area (Å²) in [6, 6.07) is 0.309. The minimum Gasteiger partial charge on any atom is -0.361 e. The molecule has 130 valence electrons. The van der Waals surface area contributed by atoms with Crippen molar-refractivity contribution < 1.29 is 4.52 Å². The molecule has 2 N–H and O–H groups in total. The van der Waals surface area contributed by atoms with Crippen LogP contribution in [0.25, 0.3) is 0 Å². The normalized spacial score (nSPS) is 17.7. The number of hydrogen-bond donors (Lipinski definition) is 2. The van der Waals surface area contributed by atoms with Gasteiger partial charge in [0.25, 0.3) is 0 Å². The van der Waals surface area contributed by atoms with Crippen molar-refractivity contribution in [1.29, 1.82) is 0 Å². The zero-order chi connectivity index (χ0) is 17.1. The van der Waals surface area contributed by atoms with E-state index in [1.54, 1.807) is 7.05 Å². The van der Waals surface area contributed by atoms with Crippen LogP contribution in [0.1, 0.15) is 35.1 Å². The number of aryl methyl sites for hydroxylation is 4. The fraction of sp³-hybridized carbons (Fsp3) is 0.625. The zero-order valence-electron chi connectivity index (χ0n) is 14.8. The van der Waals surface area contributed by atoms with Gasteiger partial charge in [0.05, 0.1) is 12.2 Å². The van der Waals surface area contributed by atoms with Crippen LogP contribution in [0.3, 0.4) is 0 Å². The van der Waals surface area contributed by atoms with Gasteiger partial charge in [-0.15, -0.1) is 0 Å². The Kier molecular flexibility index (Phi) is 4.82. The van der Waals surface area contributed by atoms with Crippen molar-refractivity contribution in [3.05, 3.63) is 28.7 Å². The molecule has 3 heterocycles. The third-order valence-corrected chi connectivity index (χ3v) is 4.38. The fourth-order valence-corrected chi connectivity index (χ4v) is 3.10. The summed E-state index contributed by atoms with van der Waals surface area (Å²) < 4.78 is 7.19. The van der Waals surface area contributed by atoms with Gasteiger partial charge in [-0.1, -0.05) is 5.16 Å². The highest BCUT2D eigenvalue weighted by atomic mass is 16.5. The molecule has 0 amide bonds. The van der Waals surface area contributed by atoms with Crippen molar-refractivity contribution in [2.45, 2.75) is 52.6 Å². The molecule has 0 radical (unpaired) electrons. The summed E-state index contributed by atoms with van der Waals surface area (Å²) in [5.74, 6) is 3.62. The fourth-order valence-electron chi connectivity index (χ4n) is 3.10. The van der Waals surface area contributed by atoms with E-state index in [-0.39, 0.29) is 0 Å². The van der Waals surface area contributed by atoms with E-state index in [1.807, 2.05) is 25.5 Å². The molecular weight excluding hydrogens is 306 g/mol. The summed E-state index contributed by atoms with van der Waals surface area (Å²) in [7, 11) is 1.79. The second-order valence-corrected chi connectivity index (χ2v) is 6.19. The number of fused-ring (bicyclic) bond motifs is 1. The Bertz CT molecular complexity index is 711. The maximum atomic E-state index is 5.20. The molecule has 1 unspecified atom stereocenters. The molecule has 1 aliphatic rings. The molecule has 0 saturated heterocycles. The Morgan fingerprint density at radius 3 is 2.92 bits per heavy atom. The lowest BCUT2D eigenvalue weighted by atomic mass is 10.1. The Balaban J connectivity index is 1.51. The van der Waals surface area contributed by atoms with Gasteiger partial charge in [0.1, 0.15) is 17.4 Å². The Morgan fingerprint density at radius 2 is 2.21 bits per heavy atom. The first-order valence-corrected chi connectivity index (χ1v) is 8.36. The first-order valence-electron chi connectivity index (χ1n) is 8.36. The Morgan fingerprint density at radius 1 is 1.38 bits per heavy atom. The molecule has 0 aromatic carbocycles. The topological polar surface area (TPSA) is 93.2 Å². The molecule has 24 heavy (non-hydrogen) atoms. The van der Waals surface area contributed by atoms with E-state index in [4.69, 9.17) is 4.52 Å². The summed E-state index contributed by atoms with van der Waals surface area (Å²) in [5, 5.41) is 15.3. The van der Waals surface area contributed by atoms with Gasteiger partial charge < -0.3 is 15.2 Å². The van der Waals surface area contributed by atoms with E-state index in [9.17, 15) is 0 Å².